The smallest absolute Gasteiger partial charge is 0.261 e. The Hall–Kier alpha value is -3.09. The minimum Gasteiger partial charge on any atom is -0.497 e. The summed E-state index contributed by atoms with van der Waals surface area (Å²) in [6, 6.07) is 12.2. The SMILES string of the molecule is COc1ccc(OCC(=O)N(Cc2ccccc2F)[C@@H](C)C(=O)NCC(C)C)cc1. The Labute approximate surface area is 177 Å². The van der Waals surface area contributed by atoms with Crippen LogP contribution in [0.25, 0.3) is 0 Å². The van der Waals surface area contributed by atoms with Crippen molar-refractivity contribution in [3.8, 4) is 11.5 Å². The van der Waals surface area contributed by atoms with Crippen molar-refractivity contribution in [1.82, 2.24) is 10.2 Å². The molecule has 0 aliphatic carbocycles. The first-order valence-electron chi connectivity index (χ1n) is 9.89. The maximum Gasteiger partial charge on any atom is 0.261 e. The lowest BCUT2D eigenvalue weighted by Gasteiger charge is -2.29. The number of benzene rings is 2. The Morgan fingerprint density at radius 1 is 1.03 bits per heavy atom. The molecule has 0 aliphatic rings. The predicted molar refractivity (Wildman–Crippen MR) is 113 cm³/mol. The van der Waals surface area contributed by atoms with E-state index in [0.29, 0.717) is 23.6 Å². The molecule has 2 aromatic carbocycles. The average Bonchev–Trinajstić information content (AvgIpc) is 2.75. The number of nitrogens with zero attached hydrogens (tertiary/aromatic N) is 1. The Kier molecular flexibility index (Phi) is 8.65. The van der Waals surface area contributed by atoms with Gasteiger partial charge in [0.05, 0.1) is 7.11 Å². The maximum atomic E-state index is 14.2. The Morgan fingerprint density at radius 2 is 1.67 bits per heavy atom. The van der Waals surface area contributed by atoms with Crippen molar-refractivity contribution in [1.29, 1.82) is 0 Å². The van der Waals surface area contributed by atoms with Gasteiger partial charge in [0.2, 0.25) is 5.91 Å². The second-order valence-electron chi connectivity index (χ2n) is 7.39. The lowest BCUT2D eigenvalue weighted by atomic mass is 10.1. The second-order valence-corrected chi connectivity index (χ2v) is 7.39. The molecule has 2 aromatic rings. The van der Waals surface area contributed by atoms with E-state index in [0.717, 1.165) is 0 Å². The van der Waals surface area contributed by atoms with Gasteiger partial charge in [0.15, 0.2) is 6.61 Å². The molecule has 0 saturated heterocycles. The van der Waals surface area contributed by atoms with Gasteiger partial charge in [0.25, 0.3) is 5.91 Å². The van der Waals surface area contributed by atoms with Crippen LogP contribution < -0.4 is 14.8 Å². The molecule has 0 aliphatic heterocycles. The molecular formula is C23H29FN2O4. The second kappa shape index (κ2) is 11.2. The number of halogens is 1. The Balaban J connectivity index is 2.12. The third kappa shape index (κ3) is 6.76. The third-order valence-corrected chi connectivity index (χ3v) is 4.57. The number of ether oxygens (including phenoxy) is 2. The van der Waals surface area contributed by atoms with Gasteiger partial charge in [0.1, 0.15) is 23.4 Å². The monoisotopic (exact) mass is 416 g/mol. The molecule has 2 amide bonds. The number of carbonyl (C=O) groups is 2. The largest absolute Gasteiger partial charge is 0.497 e. The first kappa shape index (κ1) is 23.2. The summed E-state index contributed by atoms with van der Waals surface area (Å²) in [5.41, 5.74) is 0.332. The fraction of sp³-hybridized carbons (Fsp3) is 0.391. The van der Waals surface area contributed by atoms with Crippen molar-refractivity contribution < 1.29 is 23.5 Å². The minimum absolute atomic E-state index is 0.0340. The van der Waals surface area contributed by atoms with Crippen LogP contribution in [-0.2, 0) is 16.1 Å². The predicted octanol–water partition coefficient (Wildman–Crippen LogP) is 3.40. The number of hydrogen-bond donors (Lipinski definition) is 1. The van der Waals surface area contributed by atoms with Crippen molar-refractivity contribution in [2.24, 2.45) is 5.92 Å². The van der Waals surface area contributed by atoms with E-state index in [1.54, 1.807) is 56.5 Å². The van der Waals surface area contributed by atoms with Crippen LogP contribution in [0.3, 0.4) is 0 Å². The lowest BCUT2D eigenvalue weighted by molar-refractivity contribution is -0.142. The van der Waals surface area contributed by atoms with E-state index < -0.39 is 17.8 Å². The molecule has 2 rings (SSSR count). The van der Waals surface area contributed by atoms with E-state index in [4.69, 9.17) is 9.47 Å². The molecule has 1 atom stereocenters. The third-order valence-electron chi connectivity index (χ3n) is 4.57. The fourth-order valence-corrected chi connectivity index (χ4v) is 2.75. The summed E-state index contributed by atoms with van der Waals surface area (Å²) >= 11 is 0. The van der Waals surface area contributed by atoms with E-state index >= 15 is 0 Å². The highest BCUT2D eigenvalue weighted by Gasteiger charge is 2.27. The average molecular weight is 416 g/mol. The number of rotatable bonds is 10. The molecule has 0 spiro atoms. The van der Waals surface area contributed by atoms with E-state index in [1.807, 2.05) is 13.8 Å². The lowest BCUT2D eigenvalue weighted by Crippen LogP contribution is -2.49. The number of carbonyl (C=O) groups excluding carboxylic acids is 2. The van der Waals surface area contributed by atoms with Crippen LogP contribution in [0.4, 0.5) is 4.39 Å². The molecule has 0 aromatic heterocycles. The van der Waals surface area contributed by atoms with Gasteiger partial charge >= 0.3 is 0 Å². The number of amides is 2. The molecule has 0 bridgehead atoms. The van der Waals surface area contributed by atoms with Crippen molar-refractivity contribution in [2.75, 3.05) is 20.3 Å². The minimum atomic E-state index is -0.782. The van der Waals surface area contributed by atoms with E-state index in [9.17, 15) is 14.0 Å². The highest BCUT2D eigenvalue weighted by Crippen LogP contribution is 2.18. The first-order valence-corrected chi connectivity index (χ1v) is 9.89. The molecule has 0 fully saturated rings. The van der Waals surface area contributed by atoms with Gasteiger partial charge in [-0.1, -0.05) is 32.0 Å². The molecule has 0 heterocycles. The normalized spacial score (nSPS) is 11.7. The number of nitrogens with one attached hydrogen (secondary N) is 1. The molecule has 0 unspecified atom stereocenters. The van der Waals surface area contributed by atoms with Gasteiger partial charge in [-0.15, -0.1) is 0 Å². The molecule has 0 radical (unpaired) electrons. The van der Waals surface area contributed by atoms with Gasteiger partial charge in [-0.05, 0) is 43.2 Å². The molecule has 1 N–H and O–H groups in total. The van der Waals surface area contributed by atoms with Crippen molar-refractivity contribution in [3.63, 3.8) is 0 Å². The molecule has 0 saturated carbocycles. The number of hydrogen-bond acceptors (Lipinski definition) is 4. The summed E-state index contributed by atoms with van der Waals surface area (Å²) in [6.07, 6.45) is 0. The van der Waals surface area contributed by atoms with Crippen molar-refractivity contribution in [3.05, 3.63) is 59.9 Å². The first-order chi connectivity index (χ1) is 14.3. The molecule has 6 nitrogen and oxygen atoms in total. The summed E-state index contributed by atoms with van der Waals surface area (Å²) in [4.78, 5) is 26.8. The number of methoxy groups -OCH3 is 1. The van der Waals surface area contributed by atoms with Crippen molar-refractivity contribution in [2.45, 2.75) is 33.4 Å². The topological polar surface area (TPSA) is 67.9 Å². The van der Waals surface area contributed by atoms with Crippen LogP contribution in [0, 0.1) is 11.7 Å². The quantitative estimate of drug-likeness (QED) is 0.645. The van der Waals surface area contributed by atoms with E-state index in [1.165, 1.54) is 11.0 Å². The molecule has 30 heavy (non-hydrogen) atoms. The van der Waals surface area contributed by atoms with Crippen LogP contribution >= 0.6 is 0 Å². The Bertz CT molecular complexity index is 839. The molecule has 162 valence electrons. The van der Waals surface area contributed by atoms with E-state index in [-0.39, 0.29) is 25.0 Å². The van der Waals surface area contributed by atoms with Gasteiger partial charge in [-0.2, -0.15) is 0 Å². The molecule has 7 heteroatoms. The van der Waals surface area contributed by atoms with Crippen LogP contribution in [0.15, 0.2) is 48.5 Å². The zero-order chi connectivity index (χ0) is 22.1. The van der Waals surface area contributed by atoms with Gasteiger partial charge in [-0.25, -0.2) is 4.39 Å². The van der Waals surface area contributed by atoms with Gasteiger partial charge < -0.3 is 19.7 Å². The van der Waals surface area contributed by atoms with Gasteiger partial charge in [0, 0.05) is 18.7 Å². The highest BCUT2D eigenvalue weighted by molar-refractivity contribution is 5.87. The Morgan fingerprint density at radius 3 is 2.27 bits per heavy atom. The molecular weight excluding hydrogens is 387 g/mol. The van der Waals surface area contributed by atoms with Crippen LogP contribution in [0.2, 0.25) is 0 Å². The van der Waals surface area contributed by atoms with Crippen LogP contribution in [-0.4, -0.2) is 43.0 Å². The zero-order valence-electron chi connectivity index (χ0n) is 17.9. The standard InChI is InChI=1S/C23H29FN2O4/c1-16(2)13-25-23(28)17(3)26(14-18-7-5-6-8-21(18)24)22(27)15-30-20-11-9-19(29-4)10-12-20/h5-12,16-17H,13-15H2,1-4H3,(H,25,28)/t17-/m0/s1. The van der Waals surface area contributed by atoms with Gasteiger partial charge in [-0.3, -0.25) is 9.59 Å². The summed E-state index contributed by atoms with van der Waals surface area (Å²) in [5.74, 6) is 0.299. The summed E-state index contributed by atoms with van der Waals surface area (Å²) in [5, 5.41) is 2.82. The van der Waals surface area contributed by atoms with E-state index in [2.05, 4.69) is 5.32 Å². The highest BCUT2D eigenvalue weighted by atomic mass is 19.1. The summed E-state index contributed by atoms with van der Waals surface area (Å²) in [6.45, 7) is 5.77. The summed E-state index contributed by atoms with van der Waals surface area (Å²) < 4.78 is 24.8. The summed E-state index contributed by atoms with van der Waals surface area (Å²) in [7, 11) is 1.56. The van der Waals surface area contributed by atoms with Crippen LogP contribution in [0.1, 0.15) is 26.3 Å². The van der Waals surface area contributed by atoms with Crippen molar-refractivity contribution >= 4 is 11.8 Å². The fourth-order valence-electron chi connectivity index (χ4n) is 2.75. The zero-order valence-corrected chi connectivity index (χ0v) is 17.9. The van der Waals surface area contributed by atoms with Crippen LogP contribution in [0.5, 0.6) is 11.5 Å². The maximum absolute atomic E-state index is 14.2.